The molecule has 0 radical (unpaired) electrons. The third kappa shape index (κ3) is 2.89. The Labute approximate surface area is 122 Å². The number of nitrogens with zero attached hydrogens (tertiary/aromatic N) is 1. The first-order valence-electron chi connectivity index (χ1n) is 4.82. The minimum atomic E-state index is 0.508. The van der Waals surface area contributed by atoms with E-state index < -0.39 is 0 Å². The van der Waals surface area contributed by atoms with E-state index in [0.29, 0.717) is 10.6 Å². The van der Waals surface area contributed by atoms with Crippen LogP contribution in [0, 0.1) is 14.9 Å². The molecule has 2 aromatic rings. The summed E-state index contributed by atoms with van der Waals surface area (Å²) in [6.07, 6.45) is 0. The Morgan fingerprint density at radius 1 is 1.29 bits per heavy atom. The lowest BCUT2D eigenvalue weighted by Crippen LogP contribution is -1.84. The van der Waals surface area contributed by atoms with Crippen LogP contribution in [0.25, 0.3) is 10.6 Å². The number of thiophene rings is 1. The second-order valence-corrected chi connectivity index (χ2v) is 5.86. The summed E-state index contributed by atoms with van der Waals surface area (Å²) in [7, 11) is 0. The summed E-state index contributed by atoms with van der Waals surface area (Å²) in [6.45, 7) is 0. The lowest BCUT2D eigenvalue weighted by atomic mass is 10.1. The highest BCUT2D eigenvalue weighted by Crippen LogP contribution is 2.31. The van der Waals surface area contributed by atoms with E-state index in [9.17, 15) is 5.26 Å². The summed E-state index contributed by atoms with van der Waals surface area (Å²) in [5.41, 5.74) is 1.41. The summed E-state index contributed by atoms with van der Waals surface area (Å²) in [5.74, 6) is 0. The molecule has 0 aliphatic carbocycles. The Morgan fingerprint density at radius 3 is 2.71 bits per heavy atom. The molecular formula is C13H7ClINS. The highest BCUT2D eigenvalue weighted by Gasteiger charge is 2.10. The van der Waals surface area contributed by atoms with Gasteiger partial charge in [0.2, 0.25) is 0 Å². The molecule has 0 fully saturated rings. The molecule has 1 aromatic heterocycles. The van der Waals surface area contributed by atoms with Crippen LogP contribution in [0.5, 0.6) is 0 Å². The van der Waals surface area contributed by atoms with Crippen LogP contribution in [0.1, 0.15) is 10.4 Å². The fraction of sp³-hybridized carbons (Fsp3) is 0. The summed E-state index contributed by atoms with van der Waals surface area (Å²) in [5, 5.41) is 11.7. The Balaban J connectivity index is 2.54. The monoisotopic (exact) mass is 371 g/mol. The van der Waals surface area contributed by atoms with Crippen molar-refractivity contribution >= 4 is 56.1 Å². The fourth-order valence-electron chi connectivity index (χ4n) is 1.40. The molecule has 0 atom stereocenters. The minimum Gasteiger partial charge on any atom is -0.192 e. The molecule has 0 spiro atoms. The first kappa shape index (κ1) is 12.6. The van der Waals surface area contributed by atoms with Crippen LogP contribution in [-0.2, 0) is 0 Å². The largest absolute Gasteiger partial charge is 0.192 e. The molecule has 0 N–H and O–H groups in total. The quantitative estimate of drug-likeness (QED) is 0.539. The Kier molecular flexibility index (Phi) is 4.21. The van der Waals surface area contributed by atoms with Crippen molar-refractivity contribution in [3.8, 4) is 6.07 Å². The number of allylic oxidation sites excluding steroid dienone is 1. The van der Waals surface area contributed by atoms with Gasteiger partial charge in [0.1, 0.15) is 6.07 Å². The fourth-order valence-corrected chi connectivity index (χ4v) is 2.99. The Bertz CT molecular complexity index is 596. The first-order chi connectivity index (χ1) is 8.22. The number of rotatable bonds is 2. The molecule has 0 amide bonds. The van der Waals surface area contributed by atoms with Crippen LogP contribution in [-0.4, -0.2) is 0 Å². The molecule has 0 saturated heterocycles. The van der Waals surface area contributed by atoms with Crippen molar-refractivity contribution in [3.05, 3.63) is 55.8 Å². The number of hydrogen-bond donors (Lipinski definition) is 0. The van der Waals surface area contributed by atoms with Crippen molar-refractivity contribution in [2.24, 2.45) is 0 Å². The van der Waals surface area contributed by atoms with Crippen molar-refractivity contribution in [1.29, 1.82) is 5.26 Å². The van der Waals surface area contributed by atoms with Gasteiger partial charge >= 0.3 is 0 Å². The first-order valence-corrected chi connectivity index (χ1v) is 7.15. The zero-order chi connectivity index (χ0) is 12.3. The molecule has 2 rings (SSSR count). The van der Waals surface area contributed by atoms with Crippen molar-refractivity contribution < 1.29 is 0 Å². The number of halogens is 2. The van der Waals surface area contributed by atoms with E-state index in [0.717, 1.165) is 14.0 Å². The molecule has 0 aliphatic rings. The standard InChI is InChI=1S/C13H7ClINS/c14-13(9-3-1-4-10(15)7-9)11(8-16)12-5-2-6-17-12/h1-7H. The van der Waals surface area contributed by atoms with E-state index in [1.54, 1.807) is 0 Å². The van der Waals surface area contributed by atoms with Gasteiger partial charge in [0.25, 0.3) is 0 Å². The molecule has 0 aliphatic heterocycles. The van der Waals surface area contributed by atoms with Crippen LogP contribution in [0.4, 0.5) is 0 Å². The third-order valence-corrected chi connectivity index (χ3v) is 4.14. The lowest BCUT2D eigenvalue weighted by Gasteiger charge is -2.03. The molecule has 1 aromatic carbocycles. The van der Waals surface area contributed by atoms with Gasteiger partial charge in [0.05, 0.1) is 10.6 Å². The van der Waals surface area contributed by atoms with Crippen molar-refractivity contribution in [2.75, 3.05) is 0 Å². The molecule has 4 heteroatoms. The zero-order valence-corrected chi connectivity index (χ0v) is 12.4. The van der Waals surface area contributed by atoms with Crippen molar-refractivity contribution in [3.63, 3.8) is 0 Å². The molecule has 0 bridgehead atoms. The van der Waals surface area contributed by atoms with Crippen LogP contribution in [0.3, 0.4) is 0 Å². The van der Waals surface area contributed by atoms with Gasteiger partial charge in [0, 0.05) is 8.45 Å². The van der Waals surface area contributed by atoms with Gasteiger partial charge in [-0.2, -0.15) is 5.26 Å². The van der Waals surface area contributed by atoms with Gasteiger partial charge in [-0.3, -0.25) is 0 Å². The zero-order valence-electron chi connectivity index (χ0n) is 8.65. The Morgan fingerprint density at radius 2 is 2.12 bits per heavy atom. The van der Waals surface area contributed by atoms with Crippen LogP contribution in [0.15, 0.2) is 41.8 Å². The smallest absolute Gasteiger partial charge is 0.102 e. The summed E-state index contributed by atoms with van der Waals surface area (Å²) in [4.78, 5) is 0.899. The number of nitriles is 1. The maximum atomic E-state index is 9.21. The van der Waals surface area contributed by atoms with Gasteiger partial charge in [-0.15, -0.1) is 11.3 Å². The predicted octanol–water partition coefficient (Wildman–Crippen LogP) is 4.98. The van der Waals surface area contributed by atoms with E-state index in [-0.39, 0.29) is 0 Å². The summed E-state index contributed by atoms with van der Waals surface area (Å²) < 4.78 is 1.10. The SMILES string of the molecule is N#CC(=C(Cl)c1cccc(I)c1)c1cccs1. The maximum Gasteiger partial charge on any atom is 0.102 e. The van der Waals surface area contributed by atoms with E-state index >= 15 is 0 Å². The molecular weight excluding hydrogens is 365 g/mol. The van der Waals surface area contributed by atoms with Gasteiger partial charge < -0.3 is 0 Å². The van der Waals surface area contributed by atoms with Gasteiger partial charge in [-0.05, 0) is 51.7 Å². The minimum absolute atomic E-state index is 0.508. The highest BCUT2D eigenvalue weighted by molar-refractivity contribution is 14.1. The number of hydrogen-bond acceptors (Lipinski definition) is 2. The molecule has 1 nitrogen and oxygen atoms in total. The molecule has 0 unspecified atom stereocenters. The summed E-state index contributed by atoms with van der Waals surface area (Å²) >= 11 is 10.0. The average Bonchev–Trinajstić information content (AvgIpc) is 2.83. The van der Waals surface area contributed by atoms with E-state index in [2.05, 4.69) is 28.7 Å². The molecule has 1 heterocycles. The Hall–Kier alpha value is -0.830. The van der Waals surface area contributed by atoms with Crippen LogP contribution in [0.2, 0.25) is 0 Å². The second-order valence-electron chi connectivity index (χ2n) is 3.29. The van der Waals surface area contributed by atoms with E-state index in [4.69, 9.17) is 11.6 Å². The third-order valence-electron chi connectivity index (χ3n) is 2.18. The van der Waals surface area contributed by atoms with Crippen molar-refractivity contribution in [2.45, 2.75) is 0 Å². The van der Waals surface area contributed by atoms with Gasteiger partial charge in [0.15, 0.2) is 0 Å². The van der Waals surface area contributed by atoms with Crippen LogP contribution >= 0.6 is 45.5 Å². The number of benzene rings is 1. The van der Waals surface area contributed by atoms with Gasteiger partial charge in [-0.1, -0.05) is 29.8 Å². The maximum absolute atomic E-state index is 9.21. The average molecular weight is 372 g/mol. The topological polar surface area (TPSA) is 23.8 Å². The molecule has 0 saturated carbocycles. The van der Waals surface area contributed by atoms with Gasteiger partial charge in [-0.25, -0.2) is 0 Å². The highest BCUT2D eigenvalue weighted by atomic mass is 127. The molecule has 17 heavy (non-hydrogen) atoms. The van der Waals surface area contributed by atoms with Crippen molar-refractivity contribution in [1.82, 2.24) is 0 Å². The predicted molar refractivity (Wildman–Crippen MR) is 81.8 cm³/mol. The second kappa shape index (κ2) is 5.67. The summed E-state index contributed by atoms with van der Waals surface area (Å²) in [6, 6.07) is 13.8. The van der Waals surface area contributed by atoms with Crippen LogP contribution < -0.4 is 0 Å². The molecule has 84 valence electrons. The van der Waals surface area contributed by atoms with E-state index in [1.165, 1.54) is 11.3 Å². The lowest BCUT2D eigenvalue weighted by molar-refractivity contribution is 1.53. The normalized spacial score (nSPS) is 11.8. The van der Waals surface area contributed by atoms with E-state index in [1.807, 2.05) is 41.8 Å².